The third-order valence-corrected chi connectivity index (χ3v) is 5.35. The van der Waals surface area contributed by atoms with Crippen molar-refractivity contribution in [1.82, 2.24) is 10.2 Å². The summed E-state index contributed by atoms with van der Waals surface area (Å²) in [6.07, 6.45) is 4.82. The van der Waals surface area contributed by atoms with Crippen molar-refractivity contribution < 1.29 is 13.6 Å². The van der Waals surface area contributed by atoms with Crippen LogP contribution in [0.5, 0.6) is 0 Å². The van der Waals surface area contributed by atoms with Crippen molar-refractivity contribution in [3.05, 3.63) is 57.8 Å². The summed E-state index contributed by atoms with van der Waals surface area (Å²) in [6, 6.07) is 5.42. The lowest BCUT2D eigenvalue weighted by atomic mass is 10.1. The predicted molar refractivity (Wildman–Crippen MR) is 103 cm³/mol. The molecule has 0 saturated carbocycles. The highest BCUT2D eigenvalue weighted by molar-refractivity contribution is 7.07. The number of hydrogen-bond acceptors (Lipinski definition) is 3. The van der Waals surface area contributed by atoms with Crippen LogP contribution < -0.4 is 5.32 Å². The molecule has 0 aliphatic carbocycles. The number of benzene rings is 1. The van der Waals surface area contributed by atoms with Gasteiger partial charge in [-0.3, -0.25) is 9.69 Å². The molecule has 1 atom stereocenters. The van der Waals surface area contributed by atoms with Gasteiger partial charge in [0.05, 0.1) is 6.04 Å². The first-order valence-corrected chi connectivity index (χ1v) is 9.59. The number of amides is 1. The predicted octanol–water partition coefficient (Wildman–Crippen LogP) is 4.80. The van der Waals surface area contributed by atoms with Crippen molar-refractivity contribution in [2.75, 3.05) is 19.6 Å². The van der Waals surface area contributed by atoms with Gasteiger partial charge >= 0.3 is 0 Å². The van der Waals surface area contributed by atoms with Crippen molar-refractivity contribution in [3.8, 4) is 0 Å². The van der Waals surface area contributed by atoms with Crippen LogP contribution in [-0.4, -0.2) is 30.4 Å². The summed E-state index contributed by atoms with van der Waals surface area (Å²) in [5.74, 6) is -2.33. The zero-order valence-electron chi connectivity index (χ0n) is 14.4. The monoisotopic (exact) mass is 400 g/mol. The third kappa shape index (κ3) is 5.25. The zero-order valence-corrected chi connectivity index (χ0v) is 16.1. The zero-order chi connectivity index (χ0) is 17.6. The van der Waals surface area contributed by atoms with Crippen LogP contribution in [0.3, 0.4) is 0 Å². The molecule has 1 N–H and O–H groups in total. The van der Waals surface area contributed by atoms with Crippen LogP contribution in [0.25, 0.3) is 0 Å². The van der Waals surface area contributed by atoms with Crippen molar-refractivity contribution in [1.29, 1.82) is 0 Å². The molecule has 1 aromatic carbocycles. The summed E-state index contributed by atoms with van der Waals surface area (Å²) >= 11 is 1.64. The van der Waals surface area contributed by atoms with Gasteiger partial charge in [0, 0.05) is 12.1 Å². The molecule has 1 amide bonds. The first-order valence-electron chi connectivity index (χ1n) is 8.64. The van der Waals surface area contributed by atoms with Crippen LogP contribution in [0.1, 0.15) is 47.6 Å². The quantitative estimate of drug-likeness (QED) is 0.782. The Bertz CT molecular complexity index is 704. The van der Waals surface area contributed by atoms with E-state index in [4.69, 9.17) is 0 Å². The molecule has 3 rings (SSSR count). The van der Waals surface area contributed by atoms with E-state index in [9.17, 15) is 13.6 Å². The van der Waals surface area contributed by atoms with E-state index in [0.717, 1.165) is 38.1 Å². The Balaban J connectivity index is 0.00000243. The first kappa shape index (κ1) is 20.8. The molecule has 1 fully saturated rings. The van der Waals surface area contributed by atoms with E-state index in [1.165, 1.54) is 24.5 Å². The van der Waals surface area contributed by atoms with Gasteiger partial charge in [-0.25, -0.2) is 8.78 Å². The normalized spacial score (nSPS) is 16.4. The van der Waals surface area contributed by atoms with Gasteiger partial charge in [-0.15, -0.1) is 12.4 Å². The summed E-state index contributed by atoms with van der Waals surface area (Å²) in [5.41, 5.74) is 1.33. The second kappa shape index (κ2) is 10.00. The highest BCUT2D eigenvalue weighted by Gasteiger charge is 2.23. The summed E-state index contributed by atoms with van der Waals surface area (Å²) < 4.78 is 26.4. The molecule has 3 nitrogen and oxygen atoms in total. The number of hydrogen-bond donors (Lipinski definition) is 1. The largest absolute Gasteiger partial charge is 0.350 e. The summed E-state index contributed by atoms with van der Waals surface area (Å²) in [4.78, 5) is 14.7. The number of nitrogens with one attached hydrogen (secondary N) is 1. The molecule has 2 heterocycles. The summed E-state index contributed by atoms with van der Waals surface area (Å²) in [6.45, 7) is 2.48. The maximum atomic E-state index is 13.3. The van der Waals surface area contributed by atoms with Crippen molar-refractivity contribution >= 4 is 29.7 Å². The van der Waals surface area contributed by atoms with Crippen LogP contribution in [-0.2, 0) is 0 Å². The average Bonchev–Trinajstić information content (AvgIpc) is 3.00. The lowest BCUT2D eigenvalue weighted by Gasteiger charge is -2.30. The smallest absolute Gasteiger partial charge is 0.251 e. The number of rotatable bonds is 5. The number of thiophene rings is 1. The van der Waals surface area contributed by atoms with E-state index in [2.05, 4.69) is 21.7 Å². The van der Waals surface area contributed by atoms with Crippen molar-refractivity contribution in [3.63, 3.8) is 0 Å². The first-order chi connectivity index (χ1) is 12.1. The Morgan fingerprint density at radius 1 is 1.12 bits per heavy atom. The lowest BCUT2D eigenvalue weighted by Crippen LogP contribution is -2.38. The van der Waals surface area contributed by atoms with E-state index in [-0.39, 0.29) is 29.9 Å². The molecule has 7 heteroatoms. The Morgan fingerprint density at radius 2 is 1.85 bits per heavy atom. The van der Waals surface area contributed by atoms with Gasteiger partial charge in [-0.1, -0.05) is 12.8 Å². The van der Waals surface area contributed by atoms with Gasteiger partial charge in [-0.05, 0) is 66.5 Å². The molecule has 0 bridgehead atoms. The standard InChI is InChI=1S/C19H22F2N2OS.ClH/c20-16-6-5-14(11-17(16)21)19(24)22-12-18(15-7-10-25-13-15)23-8-3-1-2-4-9-23;/h5-7,10-11,13,18H,1-4,8-9,12H2,(H,22,24);1H. The molecule has 0 radical (unpaired) electrons. The molecule has 26 heavy (non-hydrogen) atoms. The van der Waals surface area contributed by atoms with E-state index in [0.29, 0.717) is 6.54 Å². The Kier molecular flexibility index (Phi) is 8.00. The summed E-state index contributed by atoms with van der Waals surface area (Å²) in [5, 5.41) is 7.04. The van der Waals surface area contributed by atoms with Gasteiger partial charge in [0.1, 0.15) is 0 Å². The van der Waals surface area contributed by atoms with E-state index < -0.39 is 11.6 Å². The average molecular weight is 401 g/mol. The van der Waals surface area contributed by atoms with Crippen molar-refractivity contribution in [2.24, 2.45) is 0 Å². The molecule has 142 valence electrons. The number of likely N-dealkylation sites (tertiary alicyclic amines) is 1. The fourth-order valence-electron chi connectivity index (χ4n) is 3.26. The van der Waals surface area contributed by atoms with Gasteiger partial charge in [0.25, 0.3) is 5.91 Å². The SMILES string of the molecule is Cl.O=C(NCC(c1ccsc1)N1CCCCCC1)c1ccc(F)c(F)c1. The molecule has 1 unspecified atom stereocenters. The highest BCUT2D eigenvalue weighted by atomic mass is 35.5. The van der Waals surface area contributed by atoms with Crippen LogP contribution in [0.15, 0.2) is 35.0 Å². The molecule has 1 aliphatic heterocycles. The molecular formula is C19H23ClF2N2OS. The van der Waals surface area contributed by atoms with Crippen LogP contribution >= 0.6 is 23.7 Å². The third-order valence-electron chi connectivity index (χ3n) is 4.65. The topological polar surface area (TPSA) is 32.3 Å². The van der Waals surface area contributed by atoms with Crippen molar-refractivity contribution in [2.45, 2.75) is 31.7 Å². The van der Waals surface area contributed by atoms with Gasteiger partial charge in [0.15, 0.2) is 11.6 Å². The Hall–Kier alpha value is -1.50. The maximum absolute atomic E-state index is 13.3. The van der Waals surface area contributed by atoms with E-state index in [1.807, 2.05) is 5.38 Å². The van der Waals surface area contributed by atoms with Crippen LogP contribution in [0.2, 0.25) is 0 Å². The van der Waals surface area contributed by atoms with Crippen LogP contribution in [0.4, 0.5) is 8.78 Å². The molecule has 1 aliphatic rings. The molecule has 2 aromatic rings. The minimum absolute atomic E-state index is 0. The van der Waals surface area contributed by atoms with E-state index in [1.54, 1.807) is 11.3 Å². The Labute approximate surface area is 162 Å². The second-order valence-corrected chi connectivity index (χ2v) is 7.14. The molecule has 1 aromatic heterocycles. The van der Waals surface area contributed by atoms with Gasteiger partial charge < -0.3 is 5.32 Å². The number of carbonyl (C=O) groups excluding carboxylic acids is 1. The molecular weight excluding hydrogens is 378 g/mol. The fraction of sp³-hybridized carbons (Fsp3) is 0.421. The number of halogens is 3. The fourth-order valence-corrected chi connectivity index (χ4v) is 3.97. The number of carbonyl (C=O) groups is 1. The molecule has 1 saturated heterocycles. The van der Waals surface area contributed by atoms with Crippen LogP contribution in [0, 0.1) is 11.6 Å². The van der Waals surface area contributed by atoms with E-state index >= 15 is 0 Å². The molecule has 0 spiro atoms. The Morgan fingerprint density at radius 3 is 2.46 bits per heavy atom. The van der Waals surface area contributed by atoms with Gasteiger partial charge in [-0.2, -0.15) is 11.3 Å². The maximum Gasteiger partial charge on any atom is 0.251 e. The minimum atomic E-state index is -1.01. The second-order valence-electron chi connectivity index (χ2n) is 6.36. The minimum Gasteiger partial charge on any atom is -0.350 e. The number of nitrogens with zero attached hydrogens (tertiary/aromatic N) is 1. The summed E-state index contributed by atoms with van der Waals surface area (Å²) in [7, 11) is 0. The lowest BCUT2D eigenvalue weighted by molar-refractivity contribution is 0.0932. The highest BCUT2D eigenvalue weighted by Crippen LogP contribution is 2.25. The van der Waals surface area contributed by atoms with Gasteiger partial charge in [0.2, 0.25) is 0 Å².